The summed E-state index contributed by atoms with van der Waals surface area (Å²) in [5.74, 6) is -1.11. The minimum absolute atomic E-state index is 0.106. The van der Waals surface area contributed by atoms with Gasteiger partial charge in [-0.15, -0.1) is 0 Å². The third-order valence-corrected chi connectivity index (χ3v) is 8.73. The molecule has 1 saturated heterocycles. The maximum Gasteiger partial charge on any atom is 0.264 e. The van der Waals surface area contributed by atoms with E-state index in [4.69, 9.17) is 0 Å². The molecule has 39 heavy (non-hydrogen) atoms. The van der Waals surface area contributed by atoms with Crippen LogP contribution in [0, 0.1) is 11.6 Å². The zero-order valence-corrected chi connectivity index (χ0v) is 22.6. The Bertz CT molecular complexity index is 1620. The number of benzene rings is 3. The fourth-order valence-electron chi connectivity index (χ4n) is 5.18. The van der Waals surface area contributed by atoms with Crippen LogP contribution in [-0.2, 0) is 10.0 Å². The molecule has 1 N–H and O–H groups in total. The summed E-state index contributed by atoms with van der Waals surface area (Å²) < 4.78 is 56.6. The summed E-state index contributed by atoms with van der Waals surface area (Å²) >= 11 is 0. The monoisotopic (exact) mass is 548 g/mol. The summed E-state index contributed by atoms with van der Waals surface area (Å²) in [4.78, 5) is 8.76. The Balaban J connectivity index is 1.26. The highest BCUT2D eigenvalue weighted by Gasteiger charge is 2.29. The number of nitrogens with one attached hydrogen (secondary N) is 1. The second-order valence-electron chi connectivity index (χ2n) is 9.84. The zero-order valence-electron chi connectivity index (χ0n) is 21.8. The maximum absolute atomic E-state index is 14.3. The number of pyridine rings is 1. The molecule has 3 aromatic carbocycles. The van der Waals surface area contributed by atoms with Crippen LogP contribution in [0.5, 0.6) is 0 Å². The first-order chi connectivity index (χ1) is 18.6. The highest BCUT2D eigenvalue weighted by atomic mass is 32.2. The van der Waals surface area contributed by atoms with Crippen molar-refractivity contribution < 1.29 is 17.2 Å². The molecule has 0 saturated carbocycles. The Morgan fingerprint density at radius 1 is 1.05 bits per heavy atom. The van der Waals surface area contributed by atoms with E-state index in [1.807, 2.05) is 31.2 Å². The number of nitrogens with zero attached hydrogens (tertiary/aromatic N) is 3. The Morgan fingerprint density at radius 3 is 2.51 bits per heavy atom. The van der Waals surface area contributed by atoms with Gasteiger partial charge in [-0.25, -0.2) is 17.2 Å². The topological polar surface area (TPSA) is 65.5 Å². The molecule has 2 heterocycles. The Labute approximate surface area is 227 Å². The third-order valence-electron chi connectivity index (χ3n) is 7.32. The predicted molar refractivity (Wildman–Crippen MR) is 151 cm³/mol. The number of piperazine rings is 1. The highest BCUT2D eigenvalue weighted by Crippen LogP contribution is 2.30. The highest BCUT2D eigenvalue weighted by molar-refractivity contribution is 7.93. The van der Waals surface area contributed by atoms with Crippen LogP contribution < -0.4 is 4.72 Å². The lowest BCUT2D eigenvalue weighted by Gasteiger charge is -2.44. The van der Waals surface area contributed by atoms with E-state index < -0.39 is 21.7 Å². The first-order valence-corrected chi connectivity index (χ1v) is 14.2. The molecule has 0 amide bonds. The van der Waals surface area contributed by atoms with Gasteiger partial charge in [0.15, 0.2) is 0 Å². The molecule has 0 aliphatic carbocycles. The molecule has 5 rings (SSSR count). The van der Waals surface area contributed by atoms with E-state index in [9.17, 15) is 17.2 Å². The van der Waals surface area contributed by atoms with Crippen molar-refractivity contribution in [3.63, 3.8) is 0 Å². The molecule has 202 valence electrons. The van der Waals surface area contributed by atoms with Crippen molar-refractivity contribution in [3.8, 4) is 0 Å². The van der Waals surface area contributed by atoms with E-state index >= 15 is 0 Å². The molecule has 4 aromatic rings. The van der Waals surface area contributed by atoms with Crippen molar-refractivity contribution in [1.82, 2.24) is 14.8 Å². The van der Waals surface area contributed by atoms with Crippen molar-refractivity contribution in [3.05, 3.63) is 108 Å². The van der Waals surface area contributed by atoms with E-state index in [0.717, 1.165) is 22.7 Å². The fraction of sp³-hybridized carbons (Fsp3) is 0.233. The van der Waals surface area contributed by atoms with Gasteiger partial charge < -0.3 is 4.90 Å². The molecule has 0 spiro atoms. The van der Waals surface area contributed by atoms with Crippen LogP contribution in [0.15, 0.2) is 90.5 Å². The summed E-state index contributed by atoms with van der Waals surface area (Å²) in [6.45, 7) is 10.4. The Kier molecular flexibility index (Phi) is 7.38. The van der Waals surface area contributed by atoms with Crippen molar-refractivity contribution >= 4 is 32.3 Å². The Morgan fingerprint density at radius 2 is 1.79 bits per heavy atom. The number of hydrogen-bond donors (Lipinski definition) is 1. The van der Waals surface area contributed by atoms with E-state index in [0.29, 0.717) is 36.4 Å². The van der Waals surface area contributed by atoms with Gasteiger partial charge in [-0.2, -0.15) is 0 Å². The van der Waals surface area contributed by atoms with Gasteiger partial charge >= 0.3 is 0 Å². The maximum atomic E-state index is 14.3. The summed E-state index contributed by atoms with van der Waals surface area (Å²) in [7, 11) is -3.84. The minimum Gasteiger partial charge on any atom is -0.366 e. The number of fused-ring (bicyclic) bond motifs is 1. The largest absolute Gasteiger partial charge is 0.366 e. The van der Waals surface area contributed by atoms with Crippen LogP contribution in [0.25, 0.3) is 16.6 Å². The normalized spacial score (nSPS) is 17.2. The molecule has 0 bridgehead atoms. The van der Waals surface area contributed by atoms with Crippen LogP contribution in [-0.4, -0.2) is 48.9 Å². The standard InChI is InChI=1S/C30H30F2N4O2S/c1-20-19-35(22(3)27-14-11-25(31)18-28(27)32)16-17-36(20)21(2)23-9-12-26(13-10-23)34-39(37,38)29-8-4-6-24-7-5-15-33-30(24)29/h4-15,18,20,22,34H,2,16-17,19H2,1,3H3. The van der Waals surface area contributed by atoms with Gasteiger partial charge in [-0.05, 0) is 49.7 Å². The molecular weight excluding hydrogens is 518 g/mol. The summed E-state index contributed by atoms with van der Waals surface area (Å²) in [5.41, 5.74) is 3.04. The van der Waals surface area contributed by atoms with Gasteiger partial charge in [0.2, 0.25) is 0 Å². The number of sulfonamides is 1. The lowest BCUT2D eigenvalue weighted by atomic mass is 10.0. The van der Waals surface area contributed by atoms with E-state index in [-0.39, 0.29) is 17.0 Å². The fourth-order valence-corrected chi connectivity index (χ4v) is 6.41. The quantitative estimate of drug-likeness (QED) is 0.305. The number of hydrogen-bond acceptors (Lipinski definition) is 5. The first-order valence-electron chi connectivity index (χ1n) is 12.8. The van der Waals surface area contributed by atoms with Crippen LogP contribution in [0.2, 0.25) is 0 Å². The summed E-state index contributed by atoms with van der Waals surface area (Å²) in [5, 5.41) is 0.749. The molecule has 1 aliphatic rings. The van der Waals surface area contributed by atoms with E-state index in [1.54, 1.807) is 36.5 Å². The van der Waals surface area contributed by atoms with Crippen molar-refractivity contribution in [2.24, 2.45) is 0 Å². The van der Waals surface area contributed by atoms with Crippen LogP contribution in [0.3, 0.4) is 0 Å². The summed E-state index contributed by atoms with van der Waals surface area (Å²) in [6.07, 6.45) is 1.57. The van der Waals surface area contributed by atoms with E-state index in [1.165, 1.54) is 12.1 Å². The molecular formula is C30H30F2N4O2S. The summed E-state index contributed by atoms with van der Waals surface area (Å²) in [6, 6.07) is 19.4. The molecule has 1 fully saturated rings. The molecule has 1 aliphatic heterocycles. The molecule has 2 unspecified atom stereocenters. The van der Waals surface area contributed by atoms with Gasteiger partial charge in [0.1, 0.15) is 16.5 Å². The second-order valence-corrected chi connectivity index (χ2v) is 11.5. The number of halogens is 2. The second kappa shape index (κ2) is 10.7. The van der Waals surface area contributed by atoms with Crippen LogP contribution >= 0.6 is 0 Å². The van der Waals surface area contributed by atoms with Crippen molar-refractivity contribution in [1.29, 1.82) is 0 Å². The molecule has 0 radical (unpaired) electrons. The van der Waals surface area contributed by atoms with Crippen molar-refractivity contribution in [2.75, 3.05) is 24.4 Å². The van der Waals surface area contributed by atoms with Crippen molar-refractivity contribution in [2.45, 2.75) is 30.8 Å². The molecule has 9 heteroatoms. The van der Waals surface area contributed by atoms with Gasteiger partial charge in [-0.3, -0.25) is 14.6 Å². The number of rotatable bonds is 7. The SMILES string of the molecule is C=C(c1ccc(NS(=O)(=O)c2cccc3cccnc23)cc1)N1CCN(C(C)c2ccc(F)cc2F)CC1C. The van der Waals surface area contributed by atoms with Gasteiger partial charge in [0, 0.05) is 66.3 Å². The van der Waals surface area contributed by atoms with Gasteiger partial charge in [0.25, 0.3) is 10.0 Å². The average Bonchev–Trinajstić information content (AvgIpc) is 2.92. The predicted octanol–water partition coefficient (Wildman–Crippen LogP) is 6.05. The smallest absolute Gasteiger partial charge is 0.264 e. The van der Waals surface area contributed by atoms with Crippen LogP contribution in [0.1, 0.15) is 31.0 Å². The third kappa shape index (κ3) is 5.51. The first kappa shape index (κ1) is 26.8. The number of para-hydroxylation sites is 1. The zero-order chi connectivity index (χ0) is 27.7. The molecule has 1 aromatic heterocycles. The Hall–Kier alpha value is -3.82. The van der Waals surface area contributed by atoms with Gasteiger partial charge in [0.05, 0.1) is 5.52 Å². The lowest BCUT2D eigenvalue weighted by Crippen LogP contribution is -2.51. The number of anilines is 1. The molecule has 2 atom stereocenters. The molecule has 6 nitrogen and oxygen atoms in total. The van der Waals surface area contributed by atoms with Gasteiger partial charge in [-0.1, -0.05) is 43.0 Å². The lowest BCUT2D eigenvalue weighted by molar-refractivity contribution is 0.0953. The minimum atomic E-state index is -3.84. The number of aromatic nitrogens is 1. The average molecular weight is 549 g/mol. The van der Waals surface area contributed by atoms with Crippen LogP contribution in [0.4, 0.5) is 14.5 Å². The van der Waals surface area contributed by atoms with E-state index in [2.05, 4.69) is 33.0 Å².